The molecule has 0 saturated carbocycles. The average molecular weight is 345 g/mol. The Balaban J connectivity index is 1.37. The van der Waals surface area contributed by atoms with E-state index in [0.29, 0.717) is 69.4 Å². The van der Waals surface area contributed by atoms with E-state index in [1.54, 1.807) is 12.1 Å². The summed E-state index contributed by atoms with van der Waals surface area (Å²) in [5, 5.41) is 0. The van der Waals surface area contributed by atoms with E-state index in [1.165, 1.54) is 0 Å². The lowest BCUT2D eigenvalue weighted by Crippen LogP contribution is -2.43. The van der Waals surface area contributed by atoms with E-state index in [-0.39, 0.29) is 23.5 Å². The Morgan fingerprint density at radius 3 is 2.40 bits per heavy atom. The van der Waals surface area contributed by atoms with Crippen molar-refractivity contribution in [3.63, 3.8) is 0 Å². The number of nitrogens with zero attached hydrogens (tertiary/aromatic N) is 1. The number of rotatable bonds is 3. The van der Waals surface area contributed by atoms with Gasteiger partial charge in [0.2, 0.25) is 5.91 Å². The summed E-state index contributed by atoms with van der Waals surface area (Å²) >= 11 is 0. The zero-order chi connectivity index (χ0) is 17.2. The zero-order valence-electron chi connectivity index (χ0n) is 14.2. The molecule has 2 fully saturated rings. The first kappa shape index (κ1) is 16.4. The van der Waals surface area contributed by atoms with Crippen LogP contribution in [-0.2, 0) is 9.53 Å². The number of benzene rings is 1. The van der Waals surface area contributed by atoms with Gasteiger partial charge in [0.25, 0.3) is 0 Å². The number of carbonyl (C=O) groups is 2. The Labute approximate surface area is 147 Å². The van der Waals surface area contributed by atoms with E-state index >= 15 is 0 Å². The molecule has 0 aliphatic carbocycles. The highest BCUT2D eigenvalue weighted by Crippen LogP contribution is 2.32. The number of fused-ring (bicyclic) bond motifs is 1. The van der Waals surface area contributed by atoms with Gasteiger partial charge in [-0.05, 0) is 37.5 Å². The molecule has 6 nitrogen and oxygen atoms in total. The Bertz CT molecular complexity index is 660. The SMILES string of the molecule is O=C(c1ccc2c(c1)OCCO2)C1CCN(C(=O)[C@@H]2CCOC2)CC1. The molecular weight excluding hydrogens is 322 g/mol. The third-order valence-corrected chi connectivity index (χ3v) is 5.28. The molecular formula is C19H23NO5. The number of ketones is 1. The van der Waals surface area contributed by atoms with Crippen molar-refractivity contribution in [2.45, 2.75) is 19.3 Å². The Morgan fingerprint density at radius 2 is 1.68 bits per heavy atom. The lowest BCUT2D eigenvalue weighted by Gasteiger charge is -2.32. The van der Waals surface area contributed by atoms with Gasteiger partial charge in [0, 0.05) is 31.2 Å². The molecule has 0 radical (unpaired) electrons. The lowest BCUT2D eigenvalue weighted by molar-refractivity contribution is -0.136. The summed E-state index contributed by atoms with van der Waals surface area (Å²) < 4.78 is 16.4. The number of hydrogen-bond donors (Lipinski definition) is 0. The topological polar surface area (TPSA) is 65.1 Å². The fourth-order valence-electron chi connectivity index (χ4n) is 3.78. The number of hydrogen-bond acceptors (Lipinski definition) is 5. The third-order valence-electron chi connectivity index (χ3n) is 5.28. The highest BCUT2D eigenvalue weighted by Gasteiger charge is 2.33. The van der Waals surface area contributed by atoms with Crippen LogP contribution < -0.4 is 9.47 Å². The molecule has 25 heavy (non-hydrogen) atoms. The third kappa shape index (κ3) is 3.35. The Morgan fingerprint density at radius 1 is 0.920 bits per heavy atom. The van der Waals surface area contributed by atoms with E-state index in [2.05, 4.69) is 0 Å². The second-order valence-corrected chi connectivity index (χ2v) is 6.88. The van der Waals surface area contributed by atoms with Crippen molar-refractivity contribution in [3.05, 3.63) is 23.8 Å². The minimum absolute atomic E-state index is 0.00467. The van der Waals surface area contributed by atoms with Crippen molar-refractivity contribution in [2.24, 2.45) is 11.8 Å². The van der Waals surface area contributed by atoms with Gasteiger partial charge >= 0.3 is 0 Å². The van der Waals surface area contributed by atoms with Crippen LogP contribution in [0.4, 0.5) is 0 Å². The van der Waals surface area contributed by atoms with E-state index in [0.717, 1.165) is 6.42 Å². The number of amides is 1. The van der Waals surface area contributed by atoms with Gasteiger partial charge in [0.1, 0.15) is 13.2 Å². The maximum absolute atomic E-state index is 12.8. The normalized spacial score (nSPS) is 23.5. The summed E-state index contributed by atoms with van der Waals surface area (Å²) in [5.74, 6) is 1.63. The summed E-state index contributed by atoms with van der Waals surface area (Å²) in [6, 6.07) is 5.40. The van der Waals surface area contributed by atoms with E-state index < -0.39 is 0 Å². The quantitative estimate of drug-likeness (QED) is 0.783. The van der Waals surface area contributed by atoms with Crippen molar-refractivity contribution in [1.29, 1.82) is 0 Å². The first-order chi connectivity index (χ1) is 12.2. The van der Waals surface area contributed by atoms with Gasteiger partial charge in [-0.25, -0.2) is 0 Å². The molecule has 4 rings (SSSR count). The van der Waals surface area contributed by atoms with Crippen molar-refractivity contribution in [2.75, 3.05) is 39.5 Å². The zero-order valence-corrected chi connectivity index (χ0v) is 14.2. The number of likely N-dealkylation sites (tertiary alicyclic amines) is 1. The standard InChI is InChI=1S/C19H23NO5/c21-18(14-1-2-16-17(11-14)25-10-9-24-16)13-3-6-20(7-4-13)19(22)15-5-8-23-12-15/h1-2,11,13,15H,3-10,12H2/t15-/m1/s1. The fourth-order valence-corrected chi connectivity index (χ4v) is 3.78. The Kier molecular flexibility index (Phi) is 4.61. The second kappa shape index (κ2) is 7.04. The lowest BCUT2D eigenvalue weighted by atomic mass is 9.88. The summed E-state index contributed by atoms with van der Waals surface area (Å²) in [7, 11) is 0. The molecule has 0 spiro atoms. The van der Waals surface area contributed by atoms with Gasteiger partial charge in [-0.2, -0.15) is 0 Å². The fraction of sp³-hybridized carbons (Fsp3) is 0.579. The number of piperidine rings is 1. The maximum atomic E-state index is 12.8. The van der Waals surface area contributed by atoms with Crippen LogP contribution in [0.1, 0.15) is 29.6 Å². The molecule has 6 heteroatoms. The molecule has 3 heterocycles. The monoisotopic (exact) mass is 345 g/mol. The summed E-state index contributed by atoms with van der Waals surface area (Å²) in [6.07, 6.45) is 2.24. The van der Waals surface area contributed by atoms with Crippen molar-refractivity contribution in [1.82, 2.24) is 4.90 Å². The average Bonchev–Trinajstić information content (AvgIpc) is 3.21. The first-order valence-electron chi connectivity index (χ1n) is 9.03. The van der Waals surface area contributed by atoms with Crippen LogP contribution in [0.15, 0.2) is 18.2 Å². The van der Waals surface area contributed by atoms with Crippen LogP contribution in [0, 0.1) is 11.8 Å². The number of Topliss-reactive ketones (excluding diaryl/α,β-unsaturated/α-hetero) is 1. The first-order valence-corrected chi connectivity index (χ1v) is 9.03. The molecule has 3 aliphatic rings. The second-order valence-electron chi connectivity index (χ2n) is 6.88. The van der Waals surface area contributed by atoms with Crippen LogP contribution in [0.3, 0.4) is 0 Å². The summed E-state index contributed by atoms with van der Waals surface area (Å²) in [6.45, 7) is 3.56. The van der Waals surface area contributed by atoms with Crippen LogP contribution >= 0.6 is 0 Å². The summed E-state index contributed by atoms with van der Waals surface area (Å²) in [4.78, 5) is 27.1. The molecule has 0 unspecified atom stereocenters. The van der Waals surface area contributed by atoms with Gasteiger partial charge in [-0.15, -0.1) is 0 Å². The molecule has 0 aromatic heterocycles. The molecule has 1 aromatic rings. The van der Waals surface area contributed by atoms with Crippen LogP contribution in [-0.4, -0.2) is 56.1 Å². The number of ether oxygens (including phenoxy) is 3. The van der Waals surface area contributed by atoms with Crippen molar-refractivity contribution in [3.8, 4) is 11.5 Å². The van der Waals surface area contributed by atoms with Crippen molar-refractivity contribution < 1.29 is 23.8 Å². The smallest absolute Gasteiger partial charge is 0.228 e. The van der Waals surface area contributed by atoms with Gasteiger partial charge in [0.15, 0.2) is 17.3 Å². The highest BCUT2D eigenvalue weighted by molar-refractivity contribution is 5.98. The molecule has 134 valence electrons. The molecule has 2 saturated heterocycles. The predicted molar refractivity (Wildman–Crippen MR) is 90.0 cm³/mol. The van der Waals surface area contributed by atoms with Gasteiger partial charge in [-0.3, -0.25) is 9.59 Å². The molecule has 1 amide bonds. The molecule has 0 N–H and O–H groups in total. The largest absolute Gasteiger partial charge is 0.486 e. The van der Waals surface area contributed by atoms with Gasteiger partial charge in [-0.1, -0.05) is 0 Å². The van der Waals surface area contributed by atoms with E-state index in [9.17, 15) is 9.59 Å². The minimum atomic E-state index is -0.0357. The predicted octanol–water partition coefficient (Wildman–Crippen LogP) is 1.92. The summed E-state index contributed by atoms with van der Waals surface area (Å²) in [5.41, 5.74) is 0.665. The van der Waals surface area contributed by atoms with Gasteiger partial charge < -0.3 is 19.1 Å². The van der Waals surface area contributed by atoms with Crippen LogP contribution in [0.5, 0.6) is 11.5 Å². The highest BCUT2D eigenvalue weighted by atomic mass is 16.6. The van der Waals surface area contributed by atoms with Crippen LogP contribution in [0.2, 0.25) is 0 Å². The van der Waals surface area contributed by atoms with E-state index in [4.69, 9.17) is 14.2 Å². The maximum Gasteiger partial charge on any atom is 0.228 e. The molecule has 0 bridgehead atoms. The molecule has 3 aliphatic heterocycles. The molecule has 1 atom stereocenters. The minimum Gasteiger partial charge on any atom is -0.486 e. The Hall–Kier alpha value is -2.08. The van der Waals surface area contributed by atoms with E-state index in [1.807, 2.05) is 11.0 Å². The van der Waals surface area contributed by atoms with Gasteiger partial charge in [0.05, 0.1) is 12.5 Å². The number of carbonyl (C=O) groups excluding carboxylic acids is 2. The molecule has 1 aromatic carbocycles. The van der Waals surface area contributed by atoms with Crippen molar-refractivity contribution >= 4 is 11.7 Å². The van der Waals surface area contributed by atoms with Crippen LogP contribution in [0.25, 0.3) is 0 Å².